The van der Waals surface area contributed by atoms with Crippen LogP contribution in [0.4, 0.5) is 0 Å². The van der Waals surface area contributed by atoms with E-state index in [4.69, 9.17) is 9.97 Å². The Labute approximate surface area is 273 Å². The molecule has 0 radical (unpaired) electrons. The first kappa shape index (κ1) is 26.3. The van der Waals surface area contributed by atoms with E-state index < -0.39 is 5.41 Å². The van der Waals surface area contributed by atoms with Crippen LogP contribution in [0.25, 0.3) is 55.7 Å². The fourth-order valence-corrected chi connectivity index (χ4v) is 8.27. The number of hydrogen-bond donors (Lipinski definition) is 0. The standard InChI is InChI=1S/C44H29N3/c1-4-14-35-31(11-1)32-12-2-5-15-36(32)44(35)37-16-6-3-13-33(37)34-25-24-30(27-38(34)44)43-42(46-40-18-7-8-19-41(40)47-43)29-22-20-28(21-23-29)39-17-9-10-26-45-39/h1-20,22,24-27H,21,23H2. The quantitative estimate of drug-likeness (QED) is 0.203. The number of aromatic nitrogens is 3. The SMILES string of the molecule is C1=C(c2ccccn2)CCC(c2nc3ccccc3nc2-c2ccc3c(c2)C2(c4ccccc4-c4ccccc42)c2ccccc2-3)=C1. The van der Waals surface area contributed by atoms with Gasteiger partial charge in [0.2, 0.25) is 0 Å². The van der Waals surface area contributed by atoms with Crippen molar-refractivity contribution in [3.63, 3.8) is 0 Å². The summed E-state index contributed by atoms with van der Waals surface area (Å²) in [6.07, 6.45) is 8.09. The van der Waals surface area contributed by atoms with E-state index in [1.165, 1.54) is 55.7 Å². The Morgan fingerprint density at radius 1 is 0.447 bits per heavy atom. The molecular formula is C44H29N3. The number of nitrogens with zero attached hydrogens (tertiary/aromatic N) is 3. The van der Waals surface area contributed by atoms with Gasteiger partial charge in [-0.05, 0) is 98.8 Å². The number of pyridine rings is 1. The van der Waals surface area contributed by atoms with Crippen LogP contribution in [-0.2, 0) is 5.41 Å². The first-order chi connectivity index (χ1) is 23.3. The maximum Gasteiger partial charge on any atom is 0.0969 e. The average molecular weight is 600 g/mol. The molecule has 0 bridgehead atoms. The molecule has 2 aromatic heterocycles. The van der Waals surface area contributed by atoms with E-state index in [0.29, 0.717) is 0 Å². The Hall–Kier alpha value is -5.93. The van der Waals surface area contributed by atoms with Crippen LogP contribution in [0.15, 0.2) is 152 Å². The van der Waals surface area contributed by atoms with Crippen molar-refractivity contribution in [2.24, 2.45) is 0 Å². The molecule has 1 spiro atoms. The summed E-state index contributed by atoms with van der Waals surface area (Å²) >= 11 is 0. The van der Waals surface area contributed by atoms with Gasteiger partial charge in [0, 0.05) is 11.8 Å². The van der Waals surface area contributed by atoms with Crippen LogP contribution in [0, 0.1) is 0 Å². The summed E-state index contributed by atoms with van der Waals surface area (Å²) in [5, 5.41) is 0. The highest BCUT2D eigenvalue weighted by atomic mass is 14.8. The molecule has 0 unspecified atom stereocenters. The van der Waals surface area contributed by atoms with Crippen molar-refractivity contribution in [3.8, 4) is 33.5 Å². The van der Waals surface area contributed by atoms with Crippen LogP contribution in [-0.4, -0.2) is 15.0 Å². The van der Waals surface area contributed by atoms with E-state index >= 15 is 0 Å². The summed E-state index contributed by atoms with van der Waals surface area (Å²) in [5.74, 6) is 0. The highest BCUT2D eigenvalue weighted by Crippen LogP contribution is 2.63. The van der Waals surface area contributed by atoms with Crippen molar-refractivity contribution >= 4 is 22.2 Å². The zero-order valence-electron chi connectivity index (χ0n) is 25.7. The average Bonchev–Trinajstić information content (AvgIpc) is 3.62. The Kier molecular flexibility index (Phi) is 5.62. The van der Waals surface area contributed by atoms with E-state index in [1.54, 1.807) is 0 Å². The lowest BCUT2D eigenvalue weighted by atomic mass is 9.70. The molecule has 0 atom stereocenters. The van der Waals surface area contributed by atoms with Gasteiger partial charge in [0.15, 0.2) is 0 Å². The van der Waals surface area contributed by atoms with Crippen molar-refractivity contribution in [2.45, 2.75) is 18.3 Å². The molecule has 10 rings (SSSR count). The van der Waals surface area contributed by atoms with Crippen LogP contribution in [0.1, 0.15) is 46.5 Å². The van der Waals surface area contributed by atoms with E-state index in [9.17, 15) is 0 Å². The number of allylic oxidation sites excluding steroid dienone is 4. The second-order valence-electron chi connectivity index (χ2n) is 12.7. The predicted octanol–water partition coefficient (Wildman–Crippen LogP) is 10.3. The molecule has 5 aromatic carbocycles. The Bertz CT molecular complexity index is 2410. The minimum Gasteiger partial charge on any atom is -0.257 e. The second kappa shape index (κ2) is 10.0. The van der Waals surface area contributed by atoms with Gasteiger partial charge < -0.3 is 0 Å². The van der Waals surface area contributed by atoms with Gasteiger partial charge in [-0.2, -0.15) is 0 Å². The van der Waals surface area contributed by atoms with Crippen LogP contribution >= 0.6 is 0 Å². The summed E-state index contributed by atoms with van der Waals surface area (Å²) in [6.45, 7) is 0. The molecule has 3 heteroatoms. The zero-order valence-corrected chi connectivity index (χ0v) is 25.7. The zero-order chi connectivity index (χ0) is 31.0. The molecule has 220 valence electrons. The molecular weight excluding hydrogens is 571 g/mol. The summed E-state index contributed by atoms with van der Waals surface area (Å²) < 4.78 is 0. The van der Waals surface area contributed by atoms with Crippen LogP contribution in [0.2, 0.25) is 0 Å². The van der Waals surface area contributed by atoms with Gasteiger partial charge in [-0.1, -0.05) is 115 Å². The predicted molar refractivity (Wildman–Crippen MR) is 191 cm³/mol. The molecule has 0 saturated heterocycles. The van der Waals surface area contributed by atoms with Gasteiger partial charge in [0.05, 0.1) is 33.5 Å². The maximum absolute atomic E-state index is 5.34. The monoisotopic (exact) mass is 599 g/mol. The molecule has 0 aliphatic heterocycles. The highest BCUT2D eigenvalue weighted by Gasteiger charge is 2.51. The van der Waals surface area contributed by atoms with Crippen molar-refractivity contribution in [3.05, 3.63) is 185 Å². The molecule has 3 nitrogen and oxygen atoms in total. The van der Waals surface area contributed by atoms with Gasteiger partial charge in [0.1, 0.15) is 0 Å². The molecule has 3 aliphatic carbocycles. The number of para-hydroxylation sites is 2. The summed E-state index contributed by atoms with van der Waals surface area (Å²) in [6, 6.07) is 48.2. The van der Waals surface area contributed by atoms with Crippen molar-refractivity contribution in [1.82, 2.24) is 15.0 Å². The van der Waals surface area contributed by atoms with Crippen LogP contribution in [0.3, 0.4) is 0 Å². The topological polar surface area (TPSA) is 38.7 Å². The third-order valence-electron chi connectivity index (χ3n) is 10.3. The number of hydrogen-bond acceptors (Lipinski definition) is 3. The second-order valence-corrected chi connectivity index (χ2v) is 12.7. The normalized spacial score (nSPS) is 15.1. The summed E-state index contributed by atoms with van der Waals surface area (Å²) in [5.41, 5.74) is 18.4. The van der Waals surface area contributed by atoms with Gasteiger partial charge in [-0.15, -0.1) is 0 Å². The molecule has 3 aliphatic rings. The number of benzene rings is 5. The third-order valence-corrected chi connectivity index (χ3v) is 10.3. The lowest BCUT2D eigenvalue weighted by Crippen LogP contribution is -2.25. The van der Waals surface area contributed by atoms with E-state index in [0.717, 1.165) is 46.5 Å². The first-order valence-electron chi connectivity index (χ1n) is 16.3. The molecule has 0 amide bonds. The molecule has 0 saturated carbocycles. The van der Waals surface area contributed by atoms with Crippen LogP contribution in [0.5, 0.6) is 0 Å². The van der Waals surface area contributed by atoms with Gasteiger partial charge in [0.25, 0.3) is 0 Å². The molecule has 0 N–H and O–H groups in total. The van der Waals surface area contributed by atoms with Crippen molar-refractivity contribution < 1.29 is 0 Å². The van der Waals surface area contributed by atoms with Gasteiger partial charge in [-0.3, -0.25) is 4.98 Å². The van der Waals surface area contributed by atoms with E-state index in [2.05, 4.69) is 132 Å². The van der Waals surface area contributed by atoms with Gasteiger partial charge in [-0.25, -0.2) is 9.97 Å². The lowest BCUT2D eigenvalue weighted by molar-refractivity contribution is 0.794. The van der Waals surface area contributed by atoms with E-state index in [1.807, 2.05) is 24.4 Å². The minimum absolute atomic E-state index is 0.399. The lowest BCUT2D eigenvalue weighted by Gasteiger charge is -2.30. The highest BCUT2D eigenvalue weighted by molar-refractivity contribution is 5.96. The minimum atomic E-state index is -0.399. The fraction of sp³-hybridized carbons (Fsp3) is 0.0682. The number of rotatable bonds is 3. The molecule has 7 aromatic rings. The number of fused-ring (bicyclic) bond motifs is 11. The molecule has 2 heterocycles. The summed E-state index contributed by atoms with van der Waals surface area (Å²) in [4.78, 5) is 15.2. The van der Waals surface area contributed by atoms with E-state index in [-0.39, 0.29) is 0 Å². The Morgan fingerprint density at radius 2 is 0.979 bits per heavy atom. The Morgan fingerprint density at radius 3 is 1.57 bits per heavy atom. The molecule has 0 fully saturated rings. The Balaban J connectivity index is 1.22. The van der Waals surface area contributed by atoms with Crippen molar-refractivity contribution in [1.29, 1.82) is 0 Å². The maximum atomic E-state index is 5.34. The fourth-order valence-electron chi connectivity index (χ4n) is 8.27. The summed E-state index contributed by atoms with van der Waals surface area (Å²) in [7, 11) is 0. The smallest absolute Gasteiger partial charge is 0.0969 e. The molecule has 47 heavy (non-hydrogen) atoms. The third kappa shape index (κ3) is 3.71. The largest absolute Gasteiger partial charge is 0.257 e. The van der Waals surface area contributed by atoms with Gasteiger partial charge >= 0.3 is 0 Å². The van der Waals surface area contributed by atoms with Crippen LogP contribution < -0.4 is 0 Å². The first-order valence-corrected chi connectivity index (χ1v) is 16.3. The van der Waals surface area contributed by atoms with Crippen molar-refractivity contribution in [2.75, 3.05) is 0 Å².